The second-order valence-corrected chi connectivity index (χ2v) is 11.8. The highest BCUT2D eigenvalue weighted by atomic mass is 79.9. The Morgan fingerprint density at radius 1 is 1.33 bits per heavy atom. The maximum absolute atomic E-state index is 11.2. The van der Waals surface area contributed by atoms with E-state index in [1.165, 1.54) is 0 Å². The van der Waals surface area contributed by atoms with Crippen LogP contribution < -0.4 is 4.74 Å². The predicted octanol–water partition coefficient (Wildman–Crippen LogP) is 4.64. The lowest BCUT2D eigenvalue weighted by Gasteiger charge is -2.35. The van der Waals surface area contributed by atoms with E-state index in [1.807, 2.05) is 0 Å². The number of ether oxygens (including phenoxy) is 1. The summed E-state index contributed by atoms with van der Waals surface area (Å²) in [6, 6.07) is 5.01. The fourth-order valence-corrected chi connectivity index (χ4v) is 2.86. The van der Waals surface area contributed by atoms with Crippen molar-refractivity contribution in [3.8, 4) is 5.75 Å². The maximum Gasteiger partial charge on any atom is 0.336 e. The van der Waals surface area contributed by atoms with Gasteiger partial charge in [0.2, 0.25) is 0 Å². The van der Waals surface area contributed by atoms with Crippen LogP contribution in [-0.4, -0.2) is 26.2 Å². The molecule has 6 heteroatoms. The molecule has 118 valence electrons. The first kappa shape index (κ1) is 18.2. The molecule has 0 aromatic heterocycles. The third-order valence-electron chi connectivity index (χ3n) is 3.94. The molecule has 0 aliphatic heterocycles. The molecule has 0 saturated heterocycles. The zero-order valence-electron chi connectivity index (χ0n) is 13.2. The Morgan fingerprint density at radius 3 is 2.43 bits per heavy atom. The van der Waals surface area contributed by atoms with Crippen molar-refractivity contribution in [2.24, 2.45) is 0 Å². The number of halogens is 1. The Morgan fingerprint density at radius 2 is 1.95 bits per heavy atom. The number of carbonyl (C=O) groups is 1. The van der Waals surface area contributed by atoms with Crippen molar-refractivity contribution in [3.63, 3.8) is 0 Å². The molecule has 1 rings (SSSR count). The van der Waals surface area contributed by atoms with Gasteiger partial charge in [0.15, 0.2) is 15.1 Å². The quantitative estimate of drug-likeness (QED) is 0.447. The van der Waals surface area contributed by atoms with Gasteiger partial charge in [-0.2, -0.15) is 0 Å². The summed E-state index contributed by atoms with van der Waals surface area (Å²) in [6.45, 7) is 10.9. The molecule has 0 unspecified atom stereocenters. The number of aromatic carboxylic acids is 1. The molecular weight excluding hydrogens is 352 g/mol. The van der Waals surface area contributed by atoms with Crippen LogP contribution in [0.3, 0.4) is 0 Å². The fraction of sp³-hybridized carbons (Fsp3) is 0.533. The van der Waals surface area contributed by atoms with Gasteiger partial charge in [-0.15, -0.1) is 0 Å². The van der Waals surface area contributed by atoms with Gasteiger partial charge in [-0.1, -0.05) is 42.8 Å². The number of benzene rings is 1. The molecule has 0 amide bonds. The van der Waals surface area contributed by atoms with E-state index in [1.54, 1.807) is 18.2 Å². The van der Waals surface area contributed by atoms with Crippen molar-refractivity contribution in [1.29, 1.82) is 0 Å². The first-order valence-corrected chi connectivity index (χ1v) is 10.8. The summed E-state index contributed by atoms with van der Waals surface area (Å²) in [5.74, 6) is -0.411. The van der Waals surface area contributed by atoms with Gasteiger partial charge in [0.25, 0.3) is 0 Å². The van der Waals surface area contributed by atoms with E-state index < -0.39 is 14.3 Å². The standard InChI is InChI=1S/C15H23BrO4Si/c1-15(2,3)21(4,5)20-10-19-13-8-6-7-11(14(17)18)12(13)9-16/h6-8H,9-10H2,1-5H3,(H,17,18). The summed E-state index contributed by atoms with van der Waals surface area (Å²) < 4.78 is 11.6. The van der Waals surface area contributed by atoms with Crippen LogP contribution >= 0.6 is 15.9 Å². The largest absolute Gasteiger partial charge is 0.478 e. The lowest BCUT2D eigenvalue weighted by molar-refractivity contribution is 0.0693. The summed E-state index contributed by atoms with van der Waals surface area (Å²) >= 11 is 3.32. The van der Waals surface area contributed by atoms with Crippen molar-refractivity contribution < 1.29 is 19.1 Å². The molecule has 0 aliphatic rings. The second-order valence-electron chi connectivity index (χ2n) is 6.39. The van der Waals surface area contributed by atoms with Crippen LogP contribution in [-0.2, 0) is 9.76 Å². The van der Waals surface area contributed by atoms with E-state index in [2.05, 4.69) is 49.8 Å². The summed E-state index contributed by atoms with van der Waals surface area (Å²) in [6.07, 6.45) is 0. The molecule has 0 fully saturated rings. The molecule has 1 aromatic rings. The maximum atomic E-state index is 11.2. The lowest BCUT2D eigenvalue weighted by atomic mass is 10.1. The van der Waals surface area contributed by atoms with Crippen LogP contribution in [0.25, 0.3) is 0 Å². The van der Waals surface area contributed by atoms with Gasteiger partial charge in [-0.25, -0.2) is 4.79 Å². The Labute approximate surface area is 135 Å². The van der Waals surface area contributed by atoms with Gasteiger partial charge >= 0.3 is 5.97 Å². The highest BCUT2D eigenvalue weighted by molar-refractivity contribution is 9.08. The summed E-state index contributed by atoms with van der Waals surface area (Å²) in [5, 5.41) is 9.71. The van der Waals surface area contributed by atoms with Crippen molar-refractivity contribution in [3.05, 3.63) is 29.3 Å². The fourth-order valence-electron chi connectivity index (χ4n) is 1.50. The average Bonchev–Trinajstić information content (AvgIpc) is 2.36. The molecule has 21 heavy (non-hydrogen) atoms. The smallest absolute Gasteiger partial charge is 0.336 e. The number of carboxylic acid groups (broad SMARTS) is 1. The van der Waals surface area contributed by atoms with Gasteiger partial charge in [-0.3, -0.25) is 0 Å². The molecule has 1 N–H and O–H groups in total. The van der Waals surface area contributed by atoms with Gasteiger partial charge < -0.3 is 14.3 Å². The van der Waals surface area contributed by atoms with Gasteiger partial charge in [-0.05, 0) is 30.3 Å². The number of rotatable bonds is 6. The van der Waals surface area contributed by atoms with Gasteiger partial charge in [0.05, 0.1) is 5.56 Å². The molecule has 0 atom stereocenters. The zero-order chi connectivity index (χ0) is 16.3. The lowest BCUT2D eigenvalue weighted by Crippen LogP contribution is -2.41. The van der Waals surface area contributed by atoms with Crippen molar-refractivity contribution >= 4 is 30.2 Å². The van der Waals surface area contributed by atoms with E-state index in [-0.39, 0.29) is 17.4 Å². The molecule has 1 aromatic carbocycles. The normalized spacial score (nSPS) is 12.3. The minimum absolute atomic E-state index is 0.109. The number of alkyl halides is 1. The summed E-state index contributed by atoms with van der Waals surface area (Å²) in [4.78, 5) is 11.2. The van der Waals surface area contributed by atoms with Crippen molar-refractivity contribution in [1.82, 2.24) is 0 Å². The van der Waals surface area contributed by atoms with E-state index in [9.17, 15) is 9.90 Å². The predicted molar refractivity (Wildman–Crippen MR) is 89.8 cm³/mol. The average molecular weight is 375 g/mol. The number of carboxylic acids is 1. The van der Waals surface area contributed by atoms with Crippen LogP contribution in [0.4, 0.5) is 0 Å². The molecular formula is C15H23BrO4Si. The third kappa shape index (κ3) is 4.56. The summed E-state index contributed by atoms with van der Waals surface area (Å²) in [5.41, 5.74) is 0.875. The van der Waals surface area contributed by atoms with Crippen molar-refractivity contribution in [2.45, 2.75) is 44.2 Å². The first-order valence-electron chi connectivity index (χ1n) is 6.78. The molecule has 0 aliphatic carbocycles. The topological polar surface area (TPSA) is 55.8 Å². The molecule has 0 bridgehead atoms. The third-order valence-corrected chi connectivity index (χ3v) is 8.95. The van der Waals surface area contributed by atoms with Gasteiger partial charge in [0.1, 0.15) is 5.75 Å². The minimum atomic E-state index is -1.87. The van der Waals surface area contributed by atoms with Gasteiger partial charge in [0, 0.05) is 10.9 Å². The van der Waals surface area contributed by atoms with E-state index in [0.29, 0.717) is 16.6 Å². The Bertz CT molecular complexity index is 509. The molecule has 0 radical (unpaired) electrons. The highest BCUT2D eigenvalue weighted by Crippen LogP contribution is 2.36. The van der Waals surface area contributed by atoms with E-state index in [0.717, 1.165) is 0 Å². The monoisotopic (exact) mass is 374 g/mol. The SMILES string of the molecule is CC(C)(C)[Si](C)(C)OCOc1cccc(C(=O)O)c1CBr. The van der Waals surface area contributed by atoms with Crippen LogP contribution in [0.1, 0.15) is 36.7 Å². The molecule has 0 saturated carbocycles. The Balaban J connectivity index is 2.82. The van der Waals surface area contributed by atoms with Crippen LogP contribution in [0.15, 0.2) is 18.2 Å². The van der Waals surface area contributed by atoms with Crippen LogP contribution in [0.5, 0.6) is 5.75 Å². The molecule has 0 heterocycles. The second kappa shape index (κ2) is 6.94. The number of hydrogen-bond acceptors (Lipinski definition) is 3. The Hall–Kier alpha value is -0.853. The summed E-state index contributed by atoms with van der Waals surface area (Å²) in [7, 11) is -1.87. The first-order chi connectivity index (χ1) is 9.60. The van der Waals surface area contributed by atoms with Crippen molar-refractivity contribution in [2.75, 3.05) is 6.79 Å². The van der Waals surface area contributed by atoms with E-state index >= 15 is 0 Å². The van der Waals surface area contributed by atoms with Crippen LogP contribution in [0, 0.1) is 0 Å². The van der Waals surface area contributed by atoms with E-state index in [4.69, 9.17) is 9.16 Å². The highest BCUT2D eigenvalue weighted by Gasteiger charge is 2.37. The van der Waals surface area contributed by atoms with Crippen LogP contribution in [0.2, 0.25) is 18.1 Å². The zero-order valence-corrected chi connectivity index (χ0v) is 15.8. The number of hydrogen-bond donors (Lipinski definition) is 1. The molecule has 0 spiro atoms. The molecule has 4 nitrogen and oxygen atoms in total. The Kier molecular flexibility index (Phi) is 6.01. The minimum Gasteiger partial charge on any atom is -0.478 e.